The SMILES string of the molecule is CCCN=C(N)c1cccc(CF)c1CCc1cc(N)ccc1OC. The number of ether oxygens (including phenoxy) is 1. The van der Waals surface area contributed by atoms with Gasteiger partial charge in [-0.25, -0.2) is 4.39 Å². The van der Waals surface area contributed by atoms with Gasteiger partial charge in [-0.2, -0.15) is 0 Å². The third-order valence-electron chi connectivity index (χ3n) is 4.15. The Morgan fingerprint density at radius 1 is 1.16 bits per heavy atom. The fourth-order valence-corrected chi connectivity index (χ4v) is 2.87. The zero-order chi connectivity index (χ0) is 18.2. The number of aryl methyl sites for hydroxylation is 1. The summed E-state index contributed by atoms with van der Waals surface area (Å²) in [4.78, 5) is 4.38. The molecule has 0 fully saturated rings. The molecule has 134 valence electrons. The molecule has 0 radical (unpaired) electrons. The number of anilines is 1. The standard InChI is InChI=1S/C20H26FN3O/c1-3-11-24-20(23)18-6-4-5-15(13-21)17(18)9-7-14-12-16(22)8-10-19(14)25-2/h4-6,8,10,12H,3,7,9,11,13,22H2,1-2H3,(H2,23,24). The van der Waals surface area contributed by atoms with Crippen molar-refractivity contribution in [3.05, 3.63) is 58.7 Å². The molecule has 0 unspecified atom stereocenters. The van der Waals surface area contributed by atoms with Gasteiger partial charge in [-0.3, -0.25) is 4.99 Å². The summed E-state index contributed by atoms with van der Waals surface area (Å²) in [7, 11) is 1.63. The lowest BCUT2D eigenvalue weighted by molar-refractivity contribution is 0.409. The van der Waals surface area contributed by atoms with E-state index in [1.54, 1.807) is 19.2 Å². The highest BCUT2D eigenvalue weighted by Crippen LogP contribution is 2.25. The zero-order valence-electron chi connectivity index (χ0n) is 14.9. The molecule has 0 spiro atoms. The maximum absolute atomic E-state index is 13.5. The summed E-state index contributed by atoms with van der Waals surface area (Å²) in [6.45, 7) is 2.17. The molecular weight excluding hydrogens is 317 g/mol. The van der Waals surface area contributed by atoms with Crippen LogP contribution in [0, 0.1) is 0 Å². The van der Waals surface area contributed by atoms with Crippen molar-refractivity contribution in [2.45, 2.75) is 32.9 Å². The molecule has 0 saturated heterocycles. The summed E-state index contributed by atoms with van der Waals surface area (Å²) in [5.74, 6) is 1.24. The molecule has 4 nitrogen and oxygen atoms in total. The number of rotatable bonds is 8. The van der Waals surface area contributed by atoms with Crippen molar-refractivity contribution in [2.24, 2.45) is 10.7 Å². The van der Waals surface area contributed by atoms with Gasteiger partial charge in [0.1, 0.15) is 18.3 Å². The molecule has 0 atom stereocenters. The number of benzene rings is 2. The highest BCUT2D eigenvalue weighted by Gasteiger charge is 2.13. The van der Waals surface area contributed by atoms with Crippen LogP contribution in [0.1, 0.15) is 35.6 Å². The summed E-state index contributed by atoms with van der Waals surface area (Å²) in [6, 6.07) is 11.1. The van der Waals surface area contributed by atoms with Crippen molar-refractivity contribution in [3.63, 3.8) is 0 Å². The van der Waals surface area contributed by atoms with Crippen molar-refractivity contribution in [2.75, 3.05) is 19.4 Å². The Morgan fingerprint density at radius 2 is 1.96 bits per heavy atom. The minimum absolute atomic E-state index is 0.465. The molecule has 2 rings (SSSR count). The quantitative estimate of drug-likeness (QED) is 0.436. The van der Waals surface area contributed by atoms with E-state index in [1.165, 1.54) is 0 Å². The number of aliphatic imine (C=N–C) groups is 1. The molecule has 2 aromatic rings. The first-order chi connectivity index (χ1) is 12.1. The lowest BCUT2D eigenvalue weighted by Crippen LogP contribution is -2.18. The van der Waals surface area contributed by atoms with Gasteiger partial charge < -0.3 is 16.2 Å². The Hall–Kier alpha value is -2.56. The van der Waals surface area contributed by atoms with Gasteiger partial charge in [-0.05, 0) is 54.2 Å². The topological polar surface area (TPSA) is 73.6 Å². The molecule has 0 bridgehead atoms. The highest BCUT2D eigenvalue weighted by molar-refractivity contribution is 5.99. The predicted octanol–water partition coefficient (Wildman–Crippen LogP) is 3.65. The monoisotopic (exact) mass is 343 g/mol. The number of alkyl halides is 1. The van der Waals surface area contributed by atoms with Crippen LogP contribution < -0.4 is 16.2 Å². The second kappa shape index (κ2) is 9.06. The van der Waals surface area contributed by atoms with Gasteiger partial charge in [-0.1, -0.05) is 25.1 Å². The van der Waals surface area contributed by atoms with Gasteiger partial charge >= 0.3 is 0 Å². The number of methoxy groups -OCH3 is 1. The minimum atomic E-state index is -0.529. The molecule has 0 aromatic heterocycles. The largest absolute Gasteiger partial charge is 0.496 e. The first kappa shape index (κ1) is 18.8. The van der Waals surface area contributed by atoms with Crippen LogP contribution in [-0.2, 0) is 19.5 Å². The van der Waals surface area contributed by atoms with Gasteiger partial charge in [-0.15, -0.1) is 0 Å². The molecule has 0 aliphatic rings. The molecule has 0 aliphatic carbocycles. The molecule has 2 aromatic carbocycles. The van der Waals surface area contributed by atoms with Gasteiger partial charge in [0.05, 0.1) is 7.11 Å². The van der Waals surface area contributed by atoms with E-state index in [4.69, 9.17) is 16.2 Å². The van der Waals surface area contributed by atoms with E-state index in [2.05, 4.69) is 4.99 Å². The number of nitrogens with two attached hydrogens (primary N) is 2. The summed E-state index contributed by atoms with van der Waals surface area (Å²) < 4.78 is 18.9. The molecule has 0 saturated carbocycles. The van der Waals surface area contributed by atoms with E-state index in [9.17, 15) is 4.39 Å². The smallest absolute Gasteiger partial charge is 0.125 e. The fraction of sp³-hybridized carbons (Fsp3) is 0.350. The Labute approximate surface area is 148 Å². The number of halogens is 1. The lowest BCUT2D eigenvalue weighted by Gasteiger charge is -2.15. The van der Waals surface area contributed by atoms with Crippen LogP contribution in [0.3, 0.4) is 0 Å². The second-order valence-electron chi connectivity index (χ2n) is 5.92. The third kappa shape index (κ3) is 4.72. The van der Waals surface area contributed by atoms with Crippen LogP contribution in [0.25, 0.3) is 0 Å². The number of amidine groups is 1. The minimum Gasteiger partial charge on any atom is -0.496 e. The van der Waals surface area contributed by atoms with Crippen LogP contribution in [0.5, 0.6) is 5.75 Å². The molecule has 0 aliphatic heterocycles. The first-order valence-corrected chi connectivity index (χ1v) is 8.50. The number of nitrogen functional groups attached to an aromatic ring is 1. The van der Waals surface area contributed by atoms with Gasteiger partial charge in [0, 0.05) is 17.8 Å². The Kier molecular flexibility index (Phi) is 6.81. The summed E-state index contributed by atoms with van der Waals surface area (Å²) in [6.07, 6.45) is 2.23. The molecule has 0 heterocycles. The van der Waals surface area contributed by atoms with Crippen LogP contribution >= 0.6 is 0 Å². The third-order valence-corrected chi connectivity index (χ3v) is 4.15. The van der Waals surface area contributed by atoms with E-state index in [0.29, 0.717) is 36.5 Å². The van der Waals surface area contributed by atoms with E-state index in [1.807, 2.05) is 31.2 Å². The number of nitrogens with zero attached hydrogens (tertiary/aromatic N) is 1. The average Bonchev–Trinajstić information content (AvgIpc) is 2.64. The van der Waals surface area contributed by atoms with Crippen molar-refractivity contribution in [1.82, 2.24) is 0 Å². The lowest BCUT2D eigenvalue weighted by atomic mass is 9.94. The van der Waals surface area contributed by atoms with Crippen LogP contribution in [0.15, 0.2) is 41.4 Å². The molecular formula is C20H26FN3O. The highest BCUT2D eigenvalue weighted by atomic mass is 19.1. The fourth-order valence-electron chi connectivity index (χ4n) is 2.87. The predicted molar refractivity (Wildman–Crippen MR) is 102 cm³/mol. The van der Waals surface area contributed by atoms with E-state index in [-0.39, 0.29) is 0 Å². The molecule has 0 amide bonds. The zero-order valence-corrected chi connectivity index (χ0v) is 14.9. The second-order valence-corrected chi connectivity index (χ2v) is 5.92. The van der Waals surface area contributed by atoms with Crippen molar-refractivity contribution in [1.29, 1.82) is 0 Å². The van der Waals surface area contributed by atoms with Crippen molar-refractivity contribution < 1.29 is 9.13 Å². The van der Waals surface area contributed by atoms with Crippen molar-refractivity contribution >= 4 is 11.5 Å². The van der Waals surface area contributed by atoms with Crippen LogP contribution in [0.2, 0.25) is 0 Å². The number of hydrogen-bond donors (Lipinski definition) is 2. The normalized spacial score (nSPS) is 11.6. The first-order valence-electron chi connectivity index (χ1n) is 8.50. The molecule has 4 N–H and O–H groups in total. The van der Waals surface area contributed by atoms with Gasteiger partial charge in [0.25, 0.3) is 0 Å². The number of hydrogen-bond acceptors (Lipinski definition) is 3. The maximum atomic E-state index is 13.5. The molecule has 5 heteroatoms. The summed E-state index contributed by atoms with van der Waals surface area (Å²) in [5, 5.41) is 0. The molecule has 25 heavy (non-hydrogen) atoms. The average molecular weight is 343 g/mol. The Morgan fingerprint density at radius 3 is 2.64 bits per heavy atom. The Balaban J connectivity index is 2.34. The summed E-state index contributed by atoms with van der Waals surface area (Å²) in [5.41, 5.74) is 16.0. The van der Waals surface area contributed by atoms with E-state index in [0.717, 1.165) is 28.9 Å². The van der Waals surface area contributed by atoms with Crippen molar-refractivity contribution in [3.8, 4) is 5.75 Å². The van der Waals surface area contributed by atoms with E-state index < -0.39 is 6.67 Å². The van der Waals surface area contributed by atoms with Crippen LogP contribution in [0.4, 0.5) is 10.1 Å². The van der Waals surface area contributed by atoms with E-state index >= 15 is 0 Å². The van der Waals surface area contributed by atoms with Gasteiger partial charge in [0.15, 0.2) is 0 Å². The Bertz CT molecular complexity index is 744. The van der Waals surface area contributed by atoms with Crippen LogP contribution in [-0.4, -0.2) is 19.5 Å². The summed E-state index contributed by atoms with van der Waals surface area (Å²) >= 11 is 0. The maximum Gasteiger partial charge on any atom is 0.125 e. The van der Waals surface area contributed by atoms with Gasteiger partial charge in [0.2, 0.25) is 0 Å².